The molecule has 0 saturated carbocycles. The Labute approximate surface area is 170 Å². The predicted molar refractivity (Wildman–Crippen MR) is 105 cm³/mol. The Morgan fingerprint density at radius 1 is 0.833 bits per heavy atom. The quantitative estimate of drug-likeness (QED) is 0.223. The summed E-state index contributed by atoms with van der Waals surface area (Å²) in [6, 6.07) is 12.6. The molecule has 0 bridgehead atoms. The van der Waals surface area contributed by atoms with Gasteiger partial charge in [-0.1, -0.05) is 50.2 Å². The van der Waals surface area contributed by atoms with E-state index in [0.717, 1.165) is 11.8 Å². The molecule has 0 fully saturated rings. The smallest absolute Gasteiger partial charge is 0.200 e. The Hall–Kier alpha value is -3.22. The maximum atomic E-state index is 13.9. The standard InChI is InChI=1S/C23H18F5NO/c1-12-9-13(11-29-21-19(27)17(25)16(24)18(26)20(21)28)22(30)15(10-12)23(2,3)14-7-5-4-6-8-14/h4-11,30H,1-3H3. The number of rotatable bonds is 4. The molecule has 3 aromatic carbocycles. The second-order valence-corrected chi connectivity index (χ2v) is 7.42. The van der Waals surface area contributed by atoms with Gasteiger partial charge in [0.05, 0.1) is 0 Å². The van der Waals surface area contributed by atoms with Gasteiger partial charge < -0.3 is 5.11 Å². The highest BCUT2D eigenvalue weighted by Crippen LogP contribution is 2.39. The van der Waals surface area contributed by atoms with Gasteiger partial charge in [-0.15, -0.1) is 0 Å². The van der Waals surface area contributed by atoms with Crippen molar-refractivity contribution in [2.45, 2.75) is 26.2 Å². The lowest BCUT2D eigenvalue weighted by Gasteiger charge is -2.28. The van der Waals surface area contributed by atoms with Gasteiger partial charge in [0.25, 0.3) is 0 Å². The van der Waals surface area contributed by atoms with Crippen molar-refractivity contribution < 1.29 is 27.1 Å². The van der Waals surface area contributed by atoms with Crippen molar-refractivity contribution in [2.75, 3.05) is 0 Å². The topological polar surface area (TPSA) is 32.6 Å². The van der Waals surface area contributed by atoms with E-state index in [1.165, 1.54) is 6.07 Å². The molecule has 156 valence electrons. The van der Waals surface area contributed by atoms with Gasteiger partial charge in [-0.3, -0.25) is 0 Å². The highest BCUT2D eigenvalue weighted by molar-refractivity contribution is 5.87. The van der Waals surface area contributed by atoms with Gasteiger partial charge in [0.15, 0.2) is 23.3 Å². The first kappa shape index (κ1) is 21.5. The molecular weight excluding hydrogens is 401 g/mol. The summed E-state index contributed by atoms with van der Waals surface area (Å²) in [4.78, 5) is 3.45. The van der Waals surface area contributed by atoms with Crippen molar-refractivity contribution in [1.29, 1.82) is 0 Å². The van der Waals surface area contributed by atoms with Gasteiger partial charge in [0, 0.05) is 22.8 Å². The zero-order valence-electron chi connectivity index (χ0n) is 16.4. The molecule has 0 heterocycles. The summed E-state index contributed by atoms with van der Waals surface area (Å²) in [5.41, 5.74) is 0.269. The minimum Gasteiger partial charge on any atom is -0.507 e. The number of aliphatic imine (C=N–C) groups is 1. The fraction of sp³-hybridized carbons (Fsp3) is 0.174. The van der Waals surface area contributed by atoms with Crippen LogP contribution in [0.5, 0.6) is 5.75 Å². The molecule has 1 N–H and O–H groups in total. The van der Waals surface area contributed by atoms with E-state index >= 15 is 0 Å². The first-order chi connectivity index (χ1) is 14.1. The summed E-state index contributed by atoms with van der Waals surface area (Å²) < 4.78 is 67.8. The van der Waals surface area contributed by atoms with Crippen LogP contribution in [-0.2, 0) is 5.41 Å². The van der Waals surface area contributed by atoms with Crippen molar-refractivity contribution in [3.63, 3.8) is 0 Å². The summed E-state index contributed by atoms with van der Waals surface area (Å²) in [6.45, 7) is 5.53. The highest BCUT2D eigenvalue weighted by Gasteiger charge is 2.28. The second kappa shape index (κ2) is 7.89. The lowest BCUT2D eigenvalue weighted by atomic mass is 9.76. The summed E-state index contributed by atoms with van der Waals surface area (Å²) in [7, 11) is 0. The number of nitrogens with zero attached hydrogens (tertiary/aromatic N) is 1. The summed E-state index contributed by atoms with van der Waals surface area (Å²) in [5.74, 6) is -10.7. The van der Waals surface area contributed by atoms with Gasteiger partial charge in [-0.25, -0.2) is 26.9 Å². The molecule has 0 unspecified atom stereocenters. The number of phenolic OH excluding ortho intramolecular Hbond substituents is 1. The Bertz CT molecular complexity index is 1110. The van der Waals surface area contributed by atoms with Crippen molar-refractivity contribution in [1.82, 2.24) is 0 Å². The third-order valence-corrected chi connectivity index (χ3v) is 4.97. The lowest BCUT2D eigenvalue weighted by molar-refractivity contribution is 0.381. The summed E-state index contributed by atoms with van der Waals surface area (Å²) >= 11 is 0. The average molecular weight is 419 g/mol. The van der Waals surface area contributed by atoms with Gasteiger partial charge in [-0.2, -0.15) is 0 Å². The van der Waals surface area contributed by atoms with Gasteiger partial charge in [0.1, 0.15) is 11.4 Å². The Morgan fingerprint density at radius 2 is 1.37 bits per heavy atom. The fourth-order valence-corrected chi connectivity index (χ4v) is 3.23. The minimum atomic E-state index is -2.26. The predicted octanol–water partition coefficient (Wildman–Crippen LogP) is 6.47. The van der Waals surface area contributed by atoms with Crippen LogP contribution in [0.15, 0.2) is 47.5 Å². The molecule has 2 nitrogen and oxygen atoms in total. The van der Waals surface area contributed by atoms with Crippen LogP contribution in [0.1, 0.15) is 36.1 Å². The molecule has 0 spiro atoms. The van der Waals surface area contributed by atoms with Crippen molar-refractivity contribution in [3.8, 4) is 5.75 Å². The van der Waals surface area contributed by atoms with Crippen molar-refractivity contribution in [3.05, 3.63) is 93.8 Å². The molecule has 0 radical (unpaired) electrons. The largest absolute Gasteiger partial charge is 0.507 e. The molecule has 0 amide bonds. The molecule has 3 rings (SSSR count). The van der Waals surface area contributed by atoms with Gasteiger partial charge in [0.2, 0.25) is 5.82 Å². The molecule has 0 saturated heterocycles. The van der Waals surface area contributed by atoms with Gasteiger partial charge in [-0.05, 0) is 24.1 Å². The first-order valence-corrected chi connectivity index (χ1v) is 9.00. The van der Waals surface area contributed by atoms with Crippen molar-refractivity contribution in [2.24, 2.45) is 4.99 Å². The summed E-state index contributed by atoms with van der Waals surface area (Å²) in [5, 5.41) is 10.8. The minimum absolute atomic E-state index is 0.0814. The van der Waals surface area contributed by atoms with Crippen molar-refractivity contribution >= 4 is 11.9 Å². The Balaban J connectivity index is 2.12. The van der Waals surface area contributed by atoms with E-state index in [1.807, 2.05) is 44.2 Å². The van der Waals surface area contributed by atoms with E-state index in [-0.39, 0.29) is 11.3 Å². The molecule has 7 heteroatoms. The van der Waals surface area contributed by atoms with E-state index < -0.39 is 40.2 Å². The Kier molecular flexibility index (Phi) is 5.65. The zero-order chi connectivity index (χ0) is 22.2. The monoisotopic (exact) mass is 419 g/mol. The second-order valence-electron chi connectivity index (χ2n) is 7.42. The van der Waals surface area contributed by atoms with E-state index in [1.54, 1.807) is 13.0 Å². The molecule has 0 aromatic heterocycles. The van der Waals surface area contributed by atoms with E-state index in [9.17, 15) is 27.1 Å². The lowest BCUT2D eigenvalue weighted by Crippen LogP contribution is -2.19. The maximum absolute atomic E-state index is 13.9. The average Bonchev–Trinajstić information content (AvgIpc) is 2.73. The number of aryl methyl sites for hydroxylation is 1. The van der Waals surface area contributed by atoms with Crippen LogP contribution < -0.4 is 0 Å². The van der Waals surface area contributed by atoms with Crippen LogP contribution >= 0.6 is 0 Å². The van der Waals surface area contributed by atoms with E-state index in [4.69, 9.17) is 0 Å². The Morgan fingerprint density at radius 3 is 1.93 bits per heavy atom. The normalized spacial score (nSPS) is 12.0. The zero-order valence-corrected chi connectivity index (χ0v) is 16.4. The molecule has 3 aromatic rings. The maximum Gasteiger partial charge on any atom is 0.200 e. The van der Waals surface area contributed by atoms with E-state index in [2.05, 4.69) is 4.99 Å². The number of hydrogen-bond donors (Lipinski definition) is 1. The number of halogens is 5. The number of hydrogen-bond acceptors (Lipinski definition) is 2. The third kappa shape index (κ3) is 3.67. The molecule has 0 aliphatic heterocycles. The van der Waals surface area contributed by atoms with Crippen LogP contribution in [0.25, 0.3) is 0 Å². The van der Waals surface area contributed by atoms with E-state index in [0.29, 0.717) is 11.1 Å². The van der Waals surface area contributed by atoms with Gasteiger partial charge >= 0.3 is 0 Å². The molecule has 0 aliphatic carbocycles. The SMILES string of the molecule is Cc1cc(C=Nc2c(F)c(F)c(F)c(F)c2F)c(O)c(C(C)(C)c2ccccc2)c1. The number of aromatic hydroxyl groups is 1. The fourth-order valence-electron chi connectivity index (χ4n) is 3.23. The van der Waals surface area contributed by atoms with Crippen LogP contribution in [-0.4, -0.2) is 11.3 Å². The first-order valence-electron chi connectivity index (χ1n) is 9.00. The van der Waals surface area contributed by atoms with Crippen LogP contribution in [0.4, 0.5) is 27.6 Å². The third-order valence-electron chi connectivity index (χ3n) is 4.97. The molecule has 30 heavy (non-hydrogen) atoms. The number of phenols is 1. The van der Waals surface area contributed by atoms with Crippen LogP contribution in [0.2, 0.25) is 0 Å². The van der Waals surface area contributed by atoms with Crippen LogP contribution in [0.3, 0.4) is 0 Å². The summed E-state index contributed by atoms with van der Waals surface area (Å²) in [6.07, 6.45) is 0.880. The number of benzene rings is 3. The molecule has 0 aliphatic rings. The van der Waals surface area contributed by atoms with Crippen LogP contribution in [0, 0.1) is 36.0 Å². The molecule has 0 atom stereocenters. The highest BCUT2D eigenvalue weighted by atomic mass is 19.2. The molecular formula is C23H18F5NO.